The molecule has 3 aliphatic rings. The summed E-state index contributed by atoms with van der Waals surface area (Å²) in [4.78, 5) is 25.9. The largest absolute Gasteiger partial charge is 0.468 e. The predicted octanol–water partition coefficient (Wildman–Crippen LogP) is 4.84. The van der Waals surface area contributed by atoms with E-state index in [1.54, 1.807) is 0 Å². The third-order valence-electron chi connectivity index (χ3n) is 5.98. The van der Waals surface area contributed by atoms with Gasteiger partial charge < -0.3 is 9.47 Å². The van der Waals surface area contributed by atoms with Crippen molar-refractivity contribution >= 4 is 11.9 Å². The zero-order valence-corrected chi connectivity index (χ0v) is 17.7. The van der Waals surface area contributed by atoms with Crippen LogP contribution in [0.15, 0.2) is 58.7 Å². The SMILES string of the molecule is COC(=O)C1(C(=O)OC)C/C(=C/C(C)(C)C)C2=CC=C3CC=CC=C3C2(C)C1. The van der Waals surface area contributed by atoms with Crippen LogP contribution in [0, 0.1) is 16.2 Å². The van der Waals surface area contributed by atoms with E-state index in [-0.39, 0.29) is 11.8 Å². The van der Waals surface area contributed by atoms with E-state index in [0.29, 0.717) is 6.42 Å². The molecular formula is C24H30O4. The molecule has 28 heavy (non-hydrogen) atoms. The number of carbonyl (C=O) groups is 2. The van der Waals surface area contributed by atoms with Crippen molar-refractivity contribution < 1.29 is 19.1 Å². The molecule has 0 aromatic rings. The van der Waals surface area contributed by atoms with Gasteiger partial charge in [0.05, 0.1) is 14.2 Å². The van der Waals surface area contributed by atoms with Gasteiger partial charge in [-0.05, 0) is 47.0 Å². The van der Waals surface area contributed by atoms with Gasteiger partial charge in [0.25, 0.3) is 0 Å². The van der Waals surface area contributed by atoms with Crippen LogP contribution in [0.1, 0.15) is 47.0 Å². The highest BCUT2D eigenvalue weighted by Gasteiger charge is 2.59. The summed E-state index contributed by atoms with van der Waals surface area (Å²) in [5.41, 5.74) is 2.68. The molecule has 0 bridgehead atoms. The molecule has 4 nitrogen and oxygen atoms in total. The quantitative estimate of drug-likeness (QED) is 0.506. The Bertz CT molecular complexity index is 842. The van der Waals surface area contributed by atoms with E-state index < -0.39 is 22.8 Å². The number of carbonyl (C=O) groups excluding carboxylic acids is 2. The molecule has 1 unspecified atom stereocenters. The minimum atomic E-state index is -1.35. The van der Waals surface area contributed by atoms with E-state index in [9.17, 15) is 9.59 Å². The topological polar surface area (TPSA) is 52.6 Å². The first kappa shape index (κ1) is 20.4. The summed E-state index contributed by atoms with van der Waals surface area (Å²) in [6.45, 7) is 8.50. The Morgan fingerprint density at radius 3 is 2.25 bits per heavy atom. The fourth-order valence-electron chi connectivity index (χ4n) is 4.94. The van der Waals surface area contributed by atoms with E-state index in [1.165, 1.54) is 30.9 Å². The fourth-order valence-corrected chi connectivity index (χ4v) is 4.94. The minimum absolute atomic E-state index is 0.1000. The molecule has 0 aromatic carbocycles. The lowest BCUT2D eigenvalue weighted by molar-refractivity contribution is -0.172. The molecule has 0 aliphatic heterocycles. The van der Waals surface area contributed by atoms with E-state index in [1.807, 2.05) is 0 Å². The van der Waals surface area contributed by atoms with Gasteiger partial charge in [-0.15, -0.1) is 0 Å². The van der Waals surface area contributed by atoms with E-state index in [4.69, 9.17) is 9.47 Å². The zero-order chi connectivity index (χ0) is 20.7. The molecule has 0 aromatic heterocycles. The van der Waals surface area contributed by atoms with Gasteiger partial charge in [0.2, 0.25) is 0 Å². The molecule has 4 heteroatoms. The Labute approximate surface area is 167 Å². The van der Waals surface area contributed by atoms with Gasteiger partial charge in [0.15, 0.2) is 5.41 Å². The van der Waals surface area contributed by atoms with Crippen LogP contribution in [0.4, 0.5) is 0 Å². The van der Waals surface area contributed by atoms with Crippen LogP contribution < -0.4 is 0 Å². The molecule has 0 spiro atoms. The molecule has 3 rings (SSSR count). The van der Waals surface area contributed by atoms with Gasteiger partial charge in [-0.2, -0.15) is 0 Å². The Kier molecular flexibility index (Phi) is 5.03. The first-order chi connectivity index (χ1) is 13.1. The van der Waals surface area contributed by atoms with Crippen molar-refractivity contribution in [2.24, 2.45) is 16.2 Å². The molecule has 1 atom stereocenters. The summed E-state index contributed by atoms with van der Waals surface area (Å²) in [6.07, 6.45) is 14.3. The lowest BCUT2D eigenvalue weighted by atomic mass is 9.53. The monoisotopic (exact) mass is 382 g/mol. The Hall–Kier alpha value is -2.36. The molecule has 150 valence electrons. The van der Waals surface area contributed by atoms with Gasteiger partial charge in [-0.3, -0.25) is 9.59 Å². The van der Waals surface area contributed by atoms with E-state index in [2.05, 4.69) is 64.2 Å². The standard InChI is InChI=1S/C24H30O4/c1-22(2,3)13-17-14-24(20(25)27-5,21(26)28-6)15-23(4)18-10-8-7-9-16(18)11-12-19(17)23/h7-8,10-13H,9,14-15H2,1-6H3/b17-13-. The zero-order valence-electron chi connectivity index (χ0n) is 17.7. The normalized spacial score (nSPS) is 27.1. The number of hydrogen-bond donors (Lipinski definition) is 0. The van der Waals surface area contributed by atoms with Gasteiger partial charge >= 0.3 is 11.9 Å². The van der Waals surface area contributed by atoms with Crippen molar-refractivity contribution in [3.63, 3.8) is 0 Å². The molecule has 0 saturated heterocycles. The highest BCUT2D eigenvalue weighted by molar-refractivity contribution is 6.01. The van der Waals surface area contributed by atoms with Crippen LogP contribution in [0.3, 0.4) is 0 Å². The number of fused-ring (bicyclic) bond motifs is 3. The van der Waals surface area contributed by atoms with Crippen LogP contribution in [0.25, 0.3) is 0 Å². The van der Waals surface area contributed by atoms with Gasteiger partial charge in [-0.1, -0.05) is 64.2 Å². The Balaban J connectivity index is 2.27. The lowest BCUT2D eigenvalue weighted by Crippen LogP contribution is -2.50. The summed E-state index contributed by atoms with van der Waals surface area (Å²) < 4.78 is 10.2. The van der Waals surface area contributed by atoms with Crippen molar-refractivity contribution in [3.8, 4) is 0 Å². The van der Waals surface area contributed by atoms with Crippen LogP contribution >= 0.6 is 0 Å². The molecule has 3 aliphatic carbocycles. The number of methoxy groups -OCH3 is 2. The second-order valence-electron chi connectivity index (χ2n) is 9.27. The summed E-state index contributed by atoms with van der Waals surface area (Å²) in [7, 11) is 2.67. The van der Waals surface area contributed by atoms with E-state index >= 15 is 0 Å². The minimum Gasteiger partial charge on any atom is -0.468 e. The van der Waals surface area contributed by atoms with Gasteiger partial charge in [-0.25, -0.2) is 0 Å². The summed E-state index contributed by atoms with van der Waals surface area (Å²) in [5.74, 6) is -1.05. The van der Waals surface area contributed by atoms with Crippen LogP contribution in [-0.2, 0) is 19.1 Å². The number of ether oxygens (including phenoxy) is 2. The number of hydrogen-bond acceptors (Lipinski definition) is 4. The van der Waals surface area contributed by atoms with Gasteiger partial charge in [0.1, 0.15) is 0 Å². The fraction of sp³-hybridized carbons (Fsp3) is 0.500. The highest BCUT2D eigenvalue weighted by atomic mass is 16.5. The summed E-state index contributed by atoms with van der Waals surface area (Å²) >= 11 is 0. The number of rotatable bonds is 2. The first-order valence-electron chi connectivity index (χ1n) is 9.75. The third kappa shape index (κ3) is 3.19. The van der Waals surface area contributed by atoms with Gasteiger partial charge in [0, 0.05) is 5.41 Å². The predicted molar refractivity (Wildman–Crippen MR) is 109 cm³/mol. The molecule has 1 fully saturated rings. The smallest absolute Gasteiger partial charge is 0.323 e. The second-order valence-corrected chi connectivity index (χ2v) is 9.27. The number of esters is 2. The average Bonchev–Trinajstić information content (AvgIpc) is 2.64. The van der Waals surface area contributed by atoms with Crippen molar-refractivity contribution in [1.82, 2.24) is 0 Å². The summed E-state index contributed by atoms with van der Waals surface area (Å²) in [5, 5.41) is 0. The van der Waals surface area contributed by atoms with Crippen LogP contribution in [-0.4, -0.2) is 26.2 Å². The molecule has 1 saturated carbocycles. The second kappa shape index (κ2) is 6.91. The van der Waals surface area contributed by atoms with Crippen molar-refractivity contribution in [2.45, 2.75) is 47.0 Å². The van der Waals surface area contributed by atoms with Crippen LogP contribution in [0.2, 0.25) is 0 Å². The third-order valence-corrected chi connectivity index (χ3v) is 5.98. The average molecular weight is 383 g/mol. The lowest BCUT2D eigenvalue weighted by Gasteiger charge is -2.49. The highest BCUT2D eigenvalue weighted by Crippen LogP contribution is 2.60. The summed E-state index contributed by atoms with van der Waals surface area (Å²) in [6, 6.07) is 0. The van der Waals surface area contributed by atoms with E-state index in [0.717, 1.165) is 12.0 Å². The molecular weight excluding hydrogens is 352 g/mol. The Morgan fingerprint density at radius 2 is 1.68 bits per heavy atom. The maximum absolute atomic E-state index is 13.0. The van der Waals surface area contributed by atoms with Crippen molar-refractivity contribution in [2.75, 3.05) is 14.2 Å². The molecule has 0 amide bonds. The molecule has 0 heterocycles. The Morgan fingerprint density at radius 1 is 1.04 bits per heavy atom. The first-order valence-corrected chi connectivity index (χ1v) is 9.75. The number of allylic oxidation sites excluding steroid dienone is 10. The van der Waals surface area contributed by atoms with Crippen molar-refractivity contribution in [1.29, 1.82) is 0 Å². The molecule has 0 radical (unpaired) electrons. The van der Waals surface area contributed by atoms with Crippen molar-refractivity contribution in [3.05, 3.63) is 58.7 Å². The maximum Gasteiger partial charge on any atom is 0.323 e. The molecule has 0 N–H and O–H groups in total. The maximum atomic E-state index is 13.0. The van der Waals surface area contributed by atoms with Crippen LogP contribution in [0.5, 0.6) is 0 Å².